The monoisotopic (exact) mass is 320 g/mol. The highest BCUT2D eigenvalue weighted by atomic mass is 79.9. The Morgan fingerprint density at radius 3 is 2.79 bits per heavy atom. The highest BCUT2D eigenvalue weighted by molar-refractivity contribution is 9.10. The van der Waals surface area contributed by atoms with Gasteiger partial charge in [0.1, 0.15) is 12.4 Å². The van der Waals surface area contributed by atoms with E-state index in [0.29, 0.717) is 6.61 Å². The van der Waals surface area contributed by atoms with Crippen LogP contribution in [-0.4, -0.2) is 12.0 Å². The lowest BCUT2D eigenvalue weighted by molar-refractivity contribution is 0.304. The molecule has 0 spiro atoms. The van der Waals surface area contributed by atoms with Crippen molar-refractivity contribution in [2.24, 2.45) is 0 Å². The van der Waals surface area contributed by atoms with E-state index in [2.05, 4.69) is 33.2 Å². The minimum absolute atomic E-state index is 0.249. The molecule has 0 radical (unpaired) electrons. The van der Waals surface area contributed by atoms with Crippen molar-refractivity contribution in [2.75, 3.05) is 7.05 Å². The van der Waals surface area contributed by atoms with E-state index in [4.69, 9.17) is 4.74 Å². The van der Waals surface area contributed by atoms with Crippen molar-refractivity contribution in [1.29, 1.82) is 0 Å². The Labute approximate surface area is 122 Å². The SMILES string of the molecule is CNC(C)c1ccc(OCc2cccc(Br)c2)cn1. The molecule has 2 aromatic rings. The molecular weight excluding hydrogens is 304 g/mol. The molecule has 0 amide bonds. The Balaban J connectivity index is 1.96. The molecule has 0 aliphatic heterocycles. The van der Waals surface area contributed by atoms with Gasteiger partial charge in [-0.25, -0.2) is 0 Å². The fourth-order valence-corrected chi connectivity index (χ4v) is 2.12. The second kappa shape index (κ2) is 6.68. The first kappa shape index (κ1) is 14.0. The fraction of sp³-hybridized carbons (Fsp3) is 0.267. The molecule has 1 atom stereocenters. The normalized spacial score (nSPS) is 12.2. The smallest absolute Gasteiger partial charge is 0.138 e. The molecule has 1 heterocycles. The lowest BCUT2D eigenvalue weighted by atomic mass is 10.2. The summed E-state index contributed by atoms with van der Waals surface area (Å²) in [6.45, 7) is 2.62. The number of ether oxygens (including phenoxy) is 1. The van der Waals surface area contributed by atoms with Gasteiger partial charge in [0, 0.05) is 10.5 Å². The Bertz CT molecular complexity index is 528. The van der Waals surface area contributed by atoms with Gasteiger partial charge in [0.05, 0.1) is 11.9 Å². The van der Waals surface area contributed by atoms with Crippen LogP contribution in [0.25, 0.3) is 0 Å². The summed E-state index contributed by atoms with van der Waals surface area (Å²) in [5, 5.41) is 3.16. The molecule has 1 aromatic carbocycles. The second-order valence-corrected chi connectivity index (χ2v) is 5.26. The van der Waals surface area contributed by atoms with Gasteiger partial charge in [0.2, 0.25) is 0 Å². The van der Waals surface area contributed by atoms with Gasteiger partial charge in [0.25, 0.3) is 0 Å². The third kappa shape index (κ3) is 4.04. The lowest BCUT2D eigenvalue weighted by Crippen LogP contribution is -2.13. The average Bonchev–Trinajstić information content (AvgIpc) is 2.45. The summed E-state index contributed by atoms with van der Waals surface area (Å²) in [7, 11) is 1.92. The van der Waals surface area contributed by atoms with Crippen LogP contribution in [0.1, 0.15) is 24.2 Å². The minimum atomic E-state index is 0.249. The van der Waals surface area contributed by atoms with Crippen molar-refractivity contribution in [3.8, 4) is 5.75 Å². The summed E-state index contributed by atoms with van der Waals surface area (Å²) in [5.41, 5.74) is 2.14. The number of nitrogens with one attached hydrogen (secondary N) is 1. The molecule has 0 fully saturated rings. The lowest BCUT2D eigenvalue weighted by Gasteiger charge is -2.11. The molecule has 100 valence electrons. The van der Waals surface area contributed by atoms with Crippen LogP contribution < -0.4 is 10.1 Å². The van der Waals surface area contributed by atoms with Crippen molar-refractivity contribution in [2.45, 2.75) is 19.6 Å². The molecule has 0 aliphatic carbocycles. The summed E-state index contributed by atoms with van der Waals surface area (Å²) in [6, 6.07) is 12.3. The van der Waals surface area contributed by atoms with Crippen molar-refractivity contribution in [1.82, 2.24) is 10.3 Å². The van der Waals surface area contributed by atoms with Crippen LogP contribution in [-0.2, 0) is 6.61 Å². The summed E-state index contributed by atoms with van der Waals surface area (Å²) in [5.74, 6) is 0.784. The number of hydrogen-bond acceptors (Lipinski definition) is 3. The largest absolute Gasteiger partial charge is 0.487 e. The molecule has 1 N–H and O–H groups in total. The first-order valence-corrected chi connectivity index (χ1v) is 6.99. The molecule has 1 aromatic heterocycles. The molecule has 0 saturated heterocycles. The van der Waals surface area contributed by atoms with Crippen LogP contribution >= 0.6 is 15.9 Å². The molecule has 2 rings (SSSR count). The van der Waals surface area contributed by atoms with E-state index in [0.717, 1.165) is 21.5 Å². The molecule has 0 saturated carbocycles. The number of rotatable bonds is 5. The van der Waals surface area contributed by atoms with Crippen molar-refractivity contribution < 1.29 is 4.74 Å². The zero-order valence-electron chi connectivity index (χ0n) is 11.1. The molecule has 19 heavy (non-hydrogen) atoms. The quantitative estimate of drug-likeness (QED) is 0.912. The minimum Gasteiger partial charge on any atom is -0.487 e. The topological polar surface area (TPSA) is 34.1 Å². The number of nitrogens with zero attached hydrogens (tertiary/aromatic N) is 1. The molecule has 1 unspecified atom stereocenters. The van der Waals surface area contributed by atoms with E-state index >= 15 is 0 Å². The van der Waals surface area contributed by atoms with Crippen molar-refractivity contribution in [3.05, 3.63) is 58.3 Å². The van der Waals surface area contributed by atoms with Crippen molar-refractivity contribution >= 4 is 15.9 Å². The van der Waals surface area contributed by atoms with Gasteiger partial charge < -0.3 is 10.1 Å². The van der Waals surface area contributed by atoms with Gasteiger partial charge in [-0.3, -0.25) is 4.98 Å². The highest BCUT2D eigenvalue weighted by Gasteiger charge is 2.04. The standard InChI is InChI=1S/C15H17BrN2O/c1-11(17-2)15-7-6-14(9-18-15)19-10-12-4-3-5-13(16)8-12/h3-9,11,17H,10H2,1-2H3. The summed E-state index contributed by atoms with van der Waals surface area (Å²) in [6.07, 6.45) is 1.77. The Morgan fingerprint density at radius 1 is 1.32 bits per heavy atom. The van der Waals surface area contributed by atoms with Gasteiger partial charge in [-0.2, -0.15) is 0 Å². The Kier molecular flexibility index (Phi) is 4.93. The van der Waals surface area contributed by atoms with Crippen LogP contribution in [0.2, 0.25) is 0 Å². The van der Waals surface area contributed by atoms with Gasteiger partial charge in [-0.15, -0.1) is 0 Å². The number of halogens is 1. The van der Waals surface area contributed by atoms with Crippen molar-refractivity contribution in [3.63, 3.8) is 0 Å². The molecule has 4 heteroatoms. The number of hydrogen-bond donors (Lipinski definition) is 1. The third-order valence-electron chi connectivity index (χ3n) is 2.93. The second-order valence-electron chi connectivity index (χ2n) is 4.35. The van der Waals surface area contributed by atoms with Gasteiger partial charge in [-0.05, 0) is 43.8 Å². The maximum Gasteiger partial charge on any atom is 0.138 e. The molecular formula is C15H17BrN2O. The summed E-state index contributed by atoms with van der Waals surface area (Å²) >= 11 is 3.45. The molecule has 0 bridgehead atoms. The van der Waals surface area contributed by atoms with Crippen LogP contribution in [0, 0.1) is 0 Å². The zero-order valence-corrected chi connectivity index (χ0v) is 12.6. The van der Waals surface area contributed by atoms with E-state index in [1.807, 2.05) is 43.4 Å². The number of aromatic nitrogens is 1. The van der Waals surface area contributed by atoms with Crippen LogP contribution in [0.4, 0.5) is 0 Å². The summed E-state index contributed by atoms with van der Waals surface area (Å²) < 4.78 is 6.77. The Hall–Kier alpha value is -1.39. The maximum absolute atomic E-state index is 5.71. The zero-order chi connectivity index (χ0) is 13.7. The first-order valence-electron chi connectivity index (χ1n) is 6.19. The summed E-state index contributed by atoms with van der Waals surface area (Å²) in [4.78, 5) is 4.38. The van der Waals surface area contributed by atoms with Gasteiger partial charge in [-0.1, -0.05) is 28.1 Å². The van der Waals surface area contributed by atoms with Crippen LogP contribution in [0.15, 0.2) is 47.1 Å². The highest BCUT2D eigenvalue weighted by Crippen LogP contribution is 2.17. The number of benzene rings is 1. The van der Waals surface area contributed by atoms with Crippen LogP contribution in [0.5, 0.6) is 5.75 Å². The predicted molar refractivity (Wildman–Crippen MR) is 80.2 cm³/mol. The van der Waals surface area contributed by atoms with E-state index in [1.165, 1.54) is 0 Å². The van der Waals surface area contributed by atoms with E-state index in [-0.39, 0.29) is 6.04 Å². The average molecular weight is 321 g/mol. The molecule has 0 aliphatic rings. The van der Waals surface area contributed by atoms with Crippen LogP contribution in [0.3, 0.4) is 0 Å². The Morgan fingerprint density at radius 2 is 2.16 bits per heavy atom. The predicted octanol–water partition coefficient (Wildman–Crippen LogP) is 3.70. The first-order chi connectivity index (χ1) is 9.19. The van der Waals surface area contributed by atoms with Gasteiger partial charge in [0.15, 0.2) is 0 Å². The number of pyridine rings is 1. The third-order valence-corrected chi connectivity index (χ3v) is 3.42. The van der Waals surface area contributed by atoms with Gasteiger partial charge >= 0.3 is 0 Å². The van der Waals surface area contributed by atoms with E-state index in [1.54, 1.807) is 6.20 Å². The fourth-order valence-electron chi connectivity index (χ4n) is 1.67. The van der Waals surface area contributed by atoms with E-state index in [9.17, 15) is 0 Å². The molecule has 3 nitrogen and oxygen atoms in total. The maximum atomic E-state index is 5.71. The van der Waals surface area contributed by atoms with E-state index < -0.39 is 0 Å².